The van der Waals surface area contributed by atoms with Crippen molar-refractivity contribution in [3.63, 3.8) is 0 Å². The monoisotopic (exact) mass is 764 g/mol. The van der Waals surface area contributed by atoms with Crippen molar-refractivity contribution >= 4 is 65.7 Å². The predicted octanol–water partition coefficient (Wildman–Crippen LogP) is 7.03. The minimum absolute atomic E-state index is 0.222. The molecule has 3 saturated heterocycles. The molecule has 0 aromatic carbocycles. The highest BCUT2D eigenvalue weighted by Crippen LogP contribution is 2.43. The Morgan fingerprint density at radius 2 is 0.917 bits per heavy atom. The van der Waals surface area contributed by atoms with Gasteiger partial charge in [0.2, 0.25) is 0 Å². The number of nitriles is 2. The van der Waals surface area contributed by atoms with Gasteiger partial charge in [-0.2, -0.15) is 10.5 Å². The molecule has 10 nitrogen and oxygen atoms in total. The molecule has 16 heteroatoms. The van der Waals surface area contributed by atoms with Crippen molar-refractivity contribution in [1.82, 2.24) is 9.97 Å². The summed E-state index contributed by atoms with van der Waals surface area (Å²) in [4.78, 5) is 7.58. The van der Waals surface area contributed by atoms with Crippen LogP contribution < -0.4 is 5.46 Å². The van der Waals surface area contributed by atoms with Crippen LogP contribution in [0.5, 0.6) is 0 Å². The lowest BCUT2D eigenvalue weighted by Gasteiger charge is -2.32. The van der Waals surface area contributed by atoms with Crippen LogP contribution in [0, 0.1) is 22.7 Å². The van der Waals surface area contributed by atoms with Crippen molar-refractivity contribution in [2.45, 2.75) is 128 Å². The Bertz CT molecular complexity index is 1360. The summed E-state index contributed by atoms with van der Waals surface area (Å²) in [5.74, 6) is 0. The Balaban J connectivity index is 0.000000247. The van der Waals surface area contributed by atoms with Crippen molar-refractivity contribution in [1.29, 1.82) is 10.5 Å². The zero-order chi connectivity index (χ0) is 36.9. The lowest BCUT2D eigenvalue weighted by atomic mass is 9.49. The van der Waals surface area contributed by atoms with Crippen molar-refractivity contribution in [2.75, 3.05) is 0 Å². The molecular weight excluding hydrogens is 720 g/mol. The third-order valence-electron chi connectivity index (χ3n) is 9.03. The first-order valence-corrected chi connectivity index (χ1v) is 17.2. The average Bonchev–Trinajstić information content (AvgIpc) is 3.43. The van der Waals surface area contributed by atoms with E-state index >= 15 is 0 Å². The van der Waals surface area contributed by atoms with Crippen molar-refractivity contribution in [2.24, 2.45) is 0 Å². The van der Waals surface area contributed by atoms with E-state index in [0.29, 0.717) is 11.4 Å². The number of aromatic nitrogens is 2. The topological polar surface area (TPSA) is 129 Å². The molecule has 3 aliphatic rings. The Morgan fingerprint density at radius 3 is 1.19 bits per heavy atom. The zero-order valence-electron chi connectivity index (χ0n) is 30.1. The molecule has 5 rings (SSSR count). The standard InChI is InChI=1S/C12H24B2O4.C12H15BN2O2.C6H3BrN2.C2H4Cl2/c1-9(2)10(3,4)16-13(15-9)14-17-11(5,6)12(7,8)18-14;1-11(2)12(3,4)17-13(16-11)9-5-6-10(7-14)15-8-9;7-5-1-2-6(3-8)9-4-5;1-2(3)4/h1-8H3;5-6,8H,1-4H3;1-2,4H;2H,1H3. The van der Waals surface area contributed by atoms with Gasteiger partial charge in [-0.3, -0.25) is 0 Å². The maximum absolute atomic E-state index is 8.68. The number of alkyl halides is 2. The van der Waals surface area contributed by atoms with Crippen LogP contribution in [0.3, 0.4) is 0 Å². The molecule has 48 heavy (non-hydrogen) atoms. The lowest BCUT2D eigenvalue weighted by molar-refractivity contribution is 0.00578. The van der Waals surface area contributed by atoms with E-state index in [9.17, 15) is 0 Å². The Labute approximate surface area is 306 Å². The fourth-order valence-electron chi connectivity index (χ4n) is 4.03. The number of hydrogen-bond acceptors (Lipinski definition) is 10. The number of nitrogens with zero attached hydrogens (tertiary/aromatic N) is 4. The number of pyridine rings is 2. The third kappa shape index (κ3) is 10.9. The van der Waals surface area contributed by atoms with E-state index < -0.39 is 21.1 Å². The van der Waals surface area contributed by atoms with Gasteiger partial charge in [-0.05, 0) is 124 Å². The van der Waals surface area contributed by atoms with E-state index in [1.807, 2.05) is 101 Å². The molecule has 260 valence electrons. The van der Waals surface area contributed by atoms with Gasteiger partial charge in [0, 0.05) is 22.3 Å². The van der Waals surface area contributed by atoms with E-state index in [1.54, 1.807) is 37.5 Å². The Hall–Kier alpha value is -1.71. The van der Waals surface area contributed by atoms with Gasteiger partial charge in [0.25, 0.3) is 0 Å². The largest absolute Gasteiger partial charge is 0.496 e. The van der Waals surface area contributed by atoms with Gasteiger partial charge in [0.05, 0.1) is 33.6 Å². The molecule has 2 aromatic heterocycles. The van der Waals surface area contributed by atoms with Crippen LogP contribution in [0.25, 0.3) is 0 Å². The van der Waals surface area contributed by atoms with Crippen molar-refractivity contribution < 1.29 is 27.9 Å². The molecule has 0 N–H and O–H groups in total. The van der Waals surface area contributed by atoms with Crippen LogP contribution in [-0.2, 0) is 27.9 Å². The molecule has 0 bridgehead atoms. The minimum Gasteiger partial charge on any atom is -0.405 e. The van der Waals surface area contributed by atoms with Crippen LogP contribution in [0.2, 0.25) is 0 Å². The molecule has 0 atom stereocenters. The van der Waals surface area contributed by atoms with Gasteiger partial charge < -0.3 is 27.9 Å². The summed E-state index contributed by atoms with van der Waals surface area (Å²) in [6.45, 7) is 25.9. The lowest BCUT2D eigenvalue weighted by Crippen LogP contribution is -2.41. The summed E-state index contributed by atoms with van der Waals surface area (Å²) < 4.78 is 36.5. The van der Waals surface area contributed by atoms with Crippen LogP contribution in [0.4, 0.5) is 0 Å². The van der Waals surface area contributed by atoms with Crippen molar-refractivity contribution in [3.8, 4) is 12.1 Å². The molecule has 2 aromatic rings. The van der Waals surface area contributed by atoms with E-state index in [2.05, 4.69) is 25.9 Å². The normalized spacial score (nSPS) is 21.9. The minimum atomic E-state index is -0.476. The quantitative estimate of drug-likeness (QED) is 0.232. The molecule has 3 aliphatic heterocycles. The van der Waals surface area contributed by atoms with Gasteiger partial charge in [0.15, 0.2) is 0 Å². The van der Waals surface area contributed by atoms with Crippen LogP contribution in [0.15, 0.2) is 41.1 Å². The zero-order valence-corrected chi connectivity index (χ0v) is 33.2. The summed E-state index contributed by atoms with van der Waals surface area (Å²) in [5.41, 5.74) is -0.478. The smallest absolute Gasteiger partial charge is 0.405 e. The van der Waals surface area contributed by atoms with E-state index in [-0.39, 0.29) is 38.4 Å². The SMILES string of the molecule is CC(Cl)Cl.CC1(C)OB(B2OC(C)(C)C(C)(C)O2)OC1(C)C.CC1(C)OB(c2ccc(C#N)nc2)OC1(C)C.N#Cc1ccc(Br)cn1. The summed E-state index contributed by atoms with van der Waals surface area (Å²) in [5, 5.41) is 17.0. The Kier molecular flexibility index (Phi) is 14.2. The van der Waals surface area contributed by atoms with Crippen LogP contribution in [0.1, 0.15) is 101 Å². The molecule has 0 amide bonds. The number of halogens is 3. The third-order valence-corrected chi connectivity index (χ3v) is 9.50. The second-order valence-electron chi connectivity index (χ2n) is 14.4. The van der Waals surface area contributed by atoms with Gasteiger partial charge in [-0.15, -0.1) is 23.2 Å². The maximum Gasteiger partial charge on any atom is 0.496 e. The molecule has 0 saturated carbocycles. The highest BCUT2D eigenvalue weighted by atomic mass is 79.9. The molecule has 0 aliphatic carbocycles. The highest BCUT2D eigenvalue weighted by Gasteiger charge is 2.63. The Morgan fingerprint density at radius 1 is 0.604 bits per heavy atom. The van der Waals surface area contributed by atoms with Gasteiger partial charge in [0.1, 0.15) is 28.4 Å². The predicted molar refractivity (Wildman–Crippen MR) is 195 cm³/mol. The van der Waals surface area contributed by atoms with Crippen molar-refractivity contribution in [3.05, 3.63) is 52.5 Å². The molecule has 0 spiro atoms. The van der Waals surface area contributed by atoms with Crippen LogP contribution >= 0.6 is 39.1 Å². The van der Waals surface area contributed by atoms with E-state index in [4.69, 9.17) is 61.7 Å². The van der Waals surface area contributed by atoms with Gasteiger partial charge in [-0.1, -0.05) is 6.07 Å². The second-order valence-corrected chi connectivity index (χ2v) is 16.9. The van der Waals surface area contributed by atoms with Gasteiger partial charge >= 0.3 is 21.1 Å². The molecular formula is C32H46B3BrCl2N4O6. The fraction of sp³-hybridized carbons (Fsp3) is 0.625. The number of rotatable bonds is 2. The van der Waals surface area contributed by atoms with Crippen LogP contribution in [-0.4, -0.2) is 69.5 Å². The second kappa shape index (κ2) is 16.1. The number of hydrogen-bond donors (Lipinski definition) is 0. The summed E-state index contributed by atoms with van der Waals surface area (Å²) in [6, 6.07) is 10.8. The van der Waals surface area contributed by atoms with Gasteiger partial charge in [-0.25, -0.2) is 9.97 Å². The maximum atomic E-state index is 8.68. The highest BCUT2D eigenvalue weighted by molar-refractivity contribution is 9.10. The molecule has 3 fully saturated rings. The average molecular weight is 766 g/mol. The van der Waals surface area contributed by atoms with E-state index in [1.165, 1.54) is 0 Å². The molecule has 0 unspecified atom stereocenters. The van der Waals surface area contributed by atoms with E-state index in [0.717, 1.165) is 9.94 Å². The fourth-order valence-corrected chi connectivity index (χ4v) is 4.27. The molecule has 0 radical (unpaired) electrons. The summed E-state index contributed by atoms with van der Waals surface area (Å²) >= 11 is 13.3. The molecule has 5 heterocycles. The summed E-state index contributed by atoms with van der Waals surface area (Å²) in [6.07, 6.45) is 3.22. The first kappa shape index (κ1) is 42.5. The first-order valence-electron chi connectivity index (χ1n) is 15.5. The first-order chi connectivity index (χ1) is 21.8. The summed E-state index contributed by atoms with van der Waals surface area (Å²) in [7, 11) is -1.37.